The third kappa shape index (κ3) is 4.78. The third-order valence-corrected chi connectivity index (χ3v) is 3.20. The van der Waals surface area contributed by atoms with Crippen LogP contribution in [-0.4, -0.2) is 22.8 Å². The molecule has 1 rings (SSSR count). The lowest BCUT2D eigenvalue weighted by molar-refractivity contribution is 0.597. The summed E-state index contributed by atoms with van der Waals surface area (Å²) in [6.45, 7) is 2.83. The zero-order valence-electron chi connectivity index (χ0n) is 9.00. The van der Waals surface area contributed by atoms with Gasteiger partial charge in [-0.1, -0.05) is 23.7 Å². The molecule has 84 valence electrons. The monoisotopic (exact) mass is 245 g/mol. The van der Waals surface area contributed by atoms with Gasteiger partial charge in [0.15, 0.2) is 0 Å². The van der Waals surface area contributed by atoms with Crippen molar-refractivity contribution in [2.24, 2.45) is 0 Å². The smallest absolute Gasteiger partial charge is 0.0409 e. The molecule has 0 aliphatic heterocycles. The molecule has 0 spiro atoms. The normalized spacial score (nSPS) is 14.9. The molecule has 0 fully saturated rings. The largest absolute Gasteiger partial charge is 0.309 e. The molecule has 1 aromatic rings. The standard InChI is InChI=1S/C11H16ClNOS/c1-9(13-6-7-15(2)14)10-4-3-5-11(12)8-10/h3-5,8-9,13H,6-7H2,1-2H3. The van der Waals surface area contributed by atoms with E-state index in [0.717, 1.165) is 17.1 Å². The van der Waals surface area contributed by atoms with Gasteiger partial charge >= 0.3 is 0 Å². The van der Waals surface area contributed by atoms with Crippen molar-refractivity contribution in [3.05, 3.63) is 34.9 Å². The molecule has 15 heavy (non-hydrogen) atoms. The summed E-state index contributed by atoms with van der Waals surface area (Å²) in [6, 6.07) is 8.02. The zero-order chi connectivity index (χ0) is 11.3. The molecule has 0 aliphatic rings. The average Bonchev–Trinajstić information content (AvgIpc) is 2.17. The second-order valence-corrected chi connectivity index (χ2v) is 5.50. The maximum Gasteiger partial charge on any atom is 0.0409 e. The van der Waals surface area contributed by atoms with Crippen LogP contribution in [0, 0.1) is 0 Å². The molecule has 0 saturated heterocycles. The van der Waals surface area contributed by atoms with Crippen LogP contribution in [0.3, 0.4) is 0 Å². The fourth-order valence-corrected chi connectivity index (χ4v) is 1.92. The maximum absolute atomic E-state index is 10.9. The van der Waals surface area contributed by atoms with Crippen molar-refractivity contribution >= 4 is 22.4 Å². The first kappa shape index (κ1) is 12.7. The van der Waals surface area contributed by atoms with Gasteiger partial charge in [0.05, 0.1) is 0 Å². The molecule has 2 atom stereocenters. The molecule has 4 heteroatoms. The molecular formula is C11H16ClNOS. The summed E-state index contributed by atoms with van der Waals surface area (Å²) in [5.74, 6) is 0.685. The van der Waals surface area contributed by atoms with Crippen LogP contribution < -0.4 is 5.32 Å². The highest BCUT2D eigenvalue weighted by molar-refractivity contribution is 7.84. The highest BCUT2D eigenvalue weighted by Gasteiger charge is 2.04. The van der Waals surface area contributed by atoms with E-state index in [9.17, 15) is 4.21 Å². The number of benzene rings is 1. The Balaban J connectivity index is 2.46. The predicted molar refractivity (Wildman–Crippen MR) is 66.8 cm³/mol. The van der Waals surface area contributed by atoms with E-state index in [4.69, 9.17) is 11.6 Å². The van der Waals surface area contributed by atoms with Crippen LogP contribution in [0.5, 0.6) is 0 Å². The van der Waals surface area contributed by atoms with E-state index in [1.54, 1.807) is 6.26 Å². The van der Waals surface area contributed by atoms with E-state index < -0.39 is 10.8 Å². The summed E-state index contributed by atoms with van der Waals surface area (Å²) in [6.07, 6.45) is 1.71. The van der Waals surface area contributed by atoms with Crippen LogP contribution in [0.4, 0.5) is 0 Å². The highest BCUT2D eigenvalue weighted by Crippen LogP contribution is 2.16. The Labute approximate surface area is 98.5 Å². The van der Waals surface area contributed by atoms with Crippen molar-refractivity contribution in [3.63, 3.8) is 0 Å². The quantitative estimate of drug-likeness (QED) is 0.863. The molecular weight excluding hydrogens is 230 g/mol. The minimum Gasteiger partial charge on any atom is -0.309 e. The number of hydrogen-bond donors (Lipinski definition) is 1. The van der Waals surface area contributed by atoms with Gasteiger partial charge in [-0.2, -0.15) is 0 Å². The topological polar surface area (TPSA) is 29.1 Å². The molecule has 1 N–H and O–H groups in total. The lowest BCUT2D eigenvalue weighted by atomic mass is 10.1. The van der Waals surface area contributed by atoms with Crippen LogP contribution in [0.2, 0.25) is 5.02 Å². The Morgan fingerprint density at radius 1 is 1.53 bits per heavy atom. The first-order valence-corrected chi connectivity index (χ1v) is 6.99. The van der Waals surface area contributed by atoms with Crippen molar-refractivity contribution < 1.29 is 4.21 Å². The van der Waals surface area contributed by atoms with Crippen LogP contribution in [0.15, 0.2) is 24.3 Å². The molecule has 0 aliphatic carbocycles. The van der Waals surface area contributed by atoms with Crippen molar-refractivity contribution in [3.8, 4) is 0 Å². The highest BCUT2D eigenvalue weighted by atomic mass is 35.5. The number of hydrogen-bond acceptors (Lipinski definition) is 2. The molecule has 0 amide bonds. The lowest BCUT2D eigenvalue weighted by Crippen LogP contribution is -2.23. The average molecular weight is 246 g/mol. The first-order chi connectivity index (χ1) is 7.09. The second kappa shape index (κ2) is 6.26. The summed E-state index contributed by atoms with van der Waals surface area (Å²) in [5, 5.41) is 4.06. The Morgan fingerprint density at radius 3 is 2.87 bits per heavy atom. The van der Waals surface area contributed by atoms with Crippen molar-refractivity contribution in [2.45, 2.75) is 13.0 Å². The van der Waals surface area contributed by atoms with Gasteiger partial charge in [0.2, 0.25) is 0 Å². The molecule has 0 aromatic heterocycles. The Kier molecular flexibility index (Phi) is 5.29. The van der Waals surface area contributed by atoms with E-state index in [-0.39, 0.29) is 6.04 Å². The minimum atomic E-state index is -0.731. The van der Waals surface area contributed by atoms with Gasteiger partial charge in [-0.3, -0.25) is 4.21 Å². The van der Waals surface area contributed by atoms with Crippen LogP contribution >= 0.6 is 11.6 Å². The molecule has 0 saturated carbocycles. The van der Waals surface area contributed by atoms with Crippen LogP contribution in [0.25, 0.3) is 0 Å². The molecule has 1 aromatic carbocycles. The van der Waals surface area contributed by atoms with E-state index in [1.165, 1.54) is 0 Å². The van der Waals surface area contributed by atoms with E-state index in [0.29, 0.717) is 5.75 Å². The van der Waals surface area contributed by atoms with Gasteiger partial charge in [-0.25, -0.2) is 0 Å². The van der Waals surface area contributed by atoms with Crippen molar-refractivity contribution in [2.75, 3.05) is 18.6 Å². The first-order valence-electron chi connectivity index (χ1n) is 4.88. The van der Waals surface area contributed by atoms with Gasteiger partial charge in [-0.15, -0.1) is 0 Å². The van der Waals surface area contributed by atoms with Crippen molar-refractivity contribution in [1.82, 2.24) is 5.32 Å². The summed E-state index contributed by atoms with van der Waals surface area (Å²) in [5.41, 5.74) is 1.16. The minimum absolute atomic E-state index is 0.243. The molecule has 0 bridgehead atoms. The van der Waals surface area contributed by atoms with Gasteiger partial charge in [0.25, 0.3) is 0 Å². The van der Waals surface area contributed by atoms with E-state index in [1.807, 2.05) is 24.3 Å². The fourth-order valence-electron chi connectivity index (χ4n) is 1.31. The van der Waals surface area contributed by atoms with Crippen LogP contribution in [0.1, 0.15) is 18.5 Å². The zero-order valence-corrected chi connectivity index (χ0v) is 10.6. The van der Waals surface area contributed by atoms with Crippen LogP contribution in [-0.2, 0) is 10.8 Å². The predicted octanol–water partition coefficient (Wildman–Crippen LogP) is 2.37. The van der Waals surface area contributed by atoms with Gasteiger partial charge in [0.1, 0.15) is 0 Å². The number of halogens is 1. The SMILES string of the molecule is CC(NCCS(C)=O)c1cccc(Cl)c1. The summed E-state index contributed by atoms with van der Waals surface area (Å²) in [4.78, 5) is 0. The number of rotatable bonds is 5. The molecule has 0 heterocycles. The molecule has 2 unspecified atom stereocenters. The summed E-state index contributed by atoms with van der Waals surface area (Å²) in [7, 11) is -0.731. The third-order valence-electron chi connectivity index (χ3n) is 2.19. The summed E-state index contributed by atoms with van der Waals surface area (Å²) < 4.78 is 10.9. The maximum atomic E-state index is 10.9. The lowest BCUT2D eigenvalue weighted by Gasteiger charge is -2.13. The Bertz CT molecular complexity index is 343. The van der Waals surface area contributed by atoms with Gasteiger partial charge < -0.3 is 5.32 Å². The number of nitrogens with one attached hydrogen (secondary N) is 1. The molecule has 0 radical (unpaired) electrons. The Morgan fingerprint density at radius 2 is 2.27 bits per heavy atom. The fraction of sp³-hybridized carbons (Fsp3) is 0.455. The summed E-state index contributed by atoms with van der Waals surface area (Å²) >= 11 is 5.90. The Hall–Kier alpha value is -0.380. The van der Waals surface area contributed by atoms with Gasteiger partial charge in [-0.05, 0) is 24.6 Å². The van der Waals surface area contributed by atoms with E-state index in [2.05, 4.69) is 12.2 Å². The van der Waals surface area contributed by atoms with E-state index >= 15 is 0 Å². The molecule has 2 nitrogen and oxygen atoms in total. The van der Waals surface area contributed by atoms with Crippen molar-refractivity contribution in [1.29, 1.82) is 0 Å². The second-order valence-electron chi connectivity index (χ2n) is 3.51. The van der Waals surface area contributed by atoms with Gasteiger partial charge in [0, 0.05) is 40.4 Å².